The molecule has 0 aromatic heterocycles. The zero-order valence-electron chi connectivity index (χ0n) is 12.9. The largest absolute Gasteiger partial charge is 0.366 e. The van der Waals surface area contributed by atoms with Gasteiger partial charge in [0, 0.05) is 23.7 Å². The molecule has 0 bridgehead atoms. The lowest BCUT2D eigenvalue weighted by Gasteiger charge is -2.35. The minimum absolute atomic E-state index is 0.288. The second kappa shape index (κ2) is 7.03. The van der Waals surface area contributed by atoms with E-state index in [0.29, 0.717) is 35.5 Å². The molecule has 2 unspecified atom stereocenters. The Bertz CT molecular complexity index is 502. The minimum atomic E-state index is -0.519. The highest BCUT2D eigenvalue weighted by Gasteiger charge is 2.27. The van der Waals surface area contributed by atoms with Crippen molar-refractivity contribution >= 4 is 5.91 Å². The zero-order chi connectivity index (χ0) is 15.4. The fourth-order valence-electron chi connectivity index (χ4n) is 3.32. The van der Waals surface area contributed by atoms with E-state index in [1.165, 1.54) is 31.4 Å². The monoisotopic (exact) mass is 292 g/mol. The molecule has 116 valence electrons. The van der Waals surface area contributed by atoms with Crippen LogP contribution in [0, 0.1) is 17.7 Å². The molecular weight excluding hydrogens is 267 g/mol. The molecule has 0 spiro atoms. The van der Waals surface area contributed by atoms with E-state index in [1.54, 1.807) is 6.07 Å². The highest BCUT2D eigenvalue weighted by Crippen LogP contribution is 2.30. The van der Waals surface area contributed by atoms with Crippen molar-refractivity contribution in [1.82, 2.24) is 5.32 Å². The summed E-state index contributed by atoms with van der Waals surface area (Å²) in [6.45, 7) is 4.94. The maximum Gasteiger partial charge on any atom is 0.248 e. The summed E-state index contributed by atoms with van der Waals surface area (Å²) in [5.74, 6) is 0.462. The number of primary amides is 1. The molecule has 1 amide bonds. The highest BCUT2D eigenvalue weighted by molar-refractivity contribution is 5.92. The number of carbonyl (C=O) groups is 1. The van der Waals surface area contributed by atoms with Crippen LogP contribution in [0.1, 0.15) is 55.5 Å². The summed E-state index contributed by atoms with van der Waals surface area (Å²) < 4.78 is 13.9. The number of nitrogens with one attached hydrogen (secondary N) is 1. The van der Waals surface area contributed by atoms with E-state index < -0.39 is 5.91 Å². The predicted molar refractivity (Wildman–Crippen MR) is 82.3 cm³/mol. The van der Waals surface area contributed by atoms with E-state index >= 15 is 0 Å². The van der Waals surface area contributed by atoms with Gasteiger partial charge in [0.1, 0.15) is 5.82 Å². The minimum Gasteiger partial charge on any atom is -0.366 e. The summed E-state index contributed by atoms with van der Waals surface area (Å²) in [5, 5.41) is 3.48. The molecule has 21 heavy (non-hydrogen) atoms. The van der Waals surface area contributed by atoms with Gasteiger partial charge in [0.05, 0.1) is 0 Å². The van der Waals surface area contributed by atoms with Crippen LogP contribution in [0.4, 0.5) is 4.39 Å². The van der Waals surface area contributed by atoms with E-state index in [4.69, 9.17) is 5.73 Å². The van der Waals surface area contributed by atoms with Crippen LogP contribution < -0.4 is 11.1 Å². The maximum atomic E-state index is 13.9. The van der Waals surface area contributed by atoms with Gasteiger partial charge in [0.15, 0.2) is 0 Å². The van der Waals surface area contributed by atoms with Crippen molar-refractivity contribution in [2.45, 2.75) is 52.1 Å². The standard InChI is InChI=1S/C17H25FN2O/c1-11(2)14-5-3-4-6-16(14)20-10-13-9-12(17(19)21)7-8-15(13)18/h7-9,11,14,16,20H,3-6,10H2,1-2H3,(H2,19,21). The lowest BCUT2D eigenvalue weighted by atomic mass is 9.78. The zero-order valence-corrected chi connectivity index (χ0v) is 12.9. The summed E-state index contributed by atoms with van der Waals surface area (Å²) in [6, 6.07) is 4.73. The number of hydrogen-bond donors (Lipinski definition) is 2. The molecule has 0 heterocycles. The average Bonchev–Trinajstić information content (AvgIpc) is 2.46. The first-order chi connectivity index (χ1) is 9.99. The molecule has 0 saturated heterocycles. The third kappa shape index (κ3) is 4.03. The van der Waals surface area contributed by atoms with Crippen LogP contribution in [0.25, 0.3) is 0 Å². The number of carbonyl (C=O) groups excluding carboxylic acids is 1. The first-order valence-corrected chi connectivity index (χ1v) is 7.80. The topological polar surface area (TPSA) is 55.1 Å². The van der Waals surface area contributed by atoms with Gasteiger partial charge in [-0.25, -0.2) is 4.39 Å². The highest BCUT2D eigenvalue weighted by atomic mass is 19.1. The molecule has 2 atom stereocenters. The van der Waals surface area contributed by atoms with Crippen LogP contribution >= 0.6 is 0 Å². The number of rotatable bonds is 5. The lowest BCUT2D eigenvalue weighted by Crippen LogP contribution is -2.40. The molecule has 3 nitrogen and oxygen atoms in total. The van der Waals surface area contributed by atoms with Gasteiger partial charge in [-0.3, -0.25) is 4.79 Å². The number of benzene rings is 1. The van der Waals surface area contributed by atoms with Gasteiger partial charge in [-0.05, 0) is 42.9 Å². The number of amides is 1. The van der Waals surface area contributed by atoms with E-state index in [1.807, 2.05) is 0 Å². The van der Waals surface area contributed by atoms with Crippen molar-refractivity contribution in [3.05, 3.63) is 35.1 Å². The molecule has 1 saturated carbocycles. The van der Waals surface area contributed by atoms with Crippen LogP contribution in [-0.2, 0) is 6.54 Å². The Labute approximate surface area is 126 Å². The molecule has 1 aliphatic carbocycles. The fourth-order valence-corrected chi connectivity index (χ4v) is 3.32. The smallest absolute Gasteiger partial charge is 0.248 e. The summed E-state index contributed by atoms with van der Waals surface area (Å²) in [4.78, 5) is 11.2. The quantitative estimate of drug-likeness (QED) is 0.875. The molecule has 1 fully saturated rings. The fraction of sp³-hybridized carbons (Fsp3) is 0.588. The molecule has 1 aromatic rings. The van der Waals surface area contributed by atoms with Crippen LogP contribution in [0.2, 0.25) is 0 Å². The number of halogens is 1. The number of hydrogen-bond acceptors (Lipinski definition) is 2. The molecule has 0 aliphatic heterocycles. The van der Waals surface area contributed by atoms with Gasteiger partial charge < -0.3 is 11.1 Å². The summed E-state index contributed by atoms with van der Waals surface area (Å²) in [5.41, 5.74) is 6.12. The van der Waals surface area contributed by atoms with Crippen LogP contribution in [-0.4, -0.2) is 11.9 Å². The molecular formula is C17H25FN2O. The van der Waals surface area contributed by atoms with Crippen LogP contribution in [0.3, 0.4) is 0 Å². The van der Waals surface area contributed by atoms with E-state index in [9.17, 15) is 9.18 Å². The van der Waals surface area contributed by atoms with Crippen molar-refractivity contribution in [2.24, 2.45) is 17.6 Å². The first kappa shape index (κ1) is 16.0. The first-order valence-electron chi connectivity index (χ1n) is 7.80. The van der Waals surface area contributed by atoms with E-state index in [2.05, 4.69) is 19.2 Å². The molecule has 1 aliphatic rings. The lowest BCUT2D eigenvalue weighted by molar-refractivity contribution is 0.1000. The van der Waals surface area contributed by atoms with Crippen molar-refractivity contribution in [2.75, 3.05) is 0 Å². The van der Waals surface area contributed by atoms with Crippen molar-refractivity contribution in [1.29, 1.82) is 0 Å². The third-order valence-electron chi connectivity index (χ3n) is 4.56. The Morgan fingerprint density at radius 3 is 2.76 bits per heavy atom. The summed E-state index contributed by atoms with van der Waals surface area (Å²) >= 11 is 0. The maximum absolute atomic E-state index is 13.9. The Kier molecular flexibility index (Phi) is 5.34. The number of nitrogens with two attached hydrogens (primary N) is 1. The molecule has 0 radical (unpaired) electrons. The van der Waals surface area contributed by atoms with Gasteiger partial charge in [0.25, 0.3) is 0 Å². The third-order valence-corrected chi connectivity index (χ3v) is 4.56. The van der Waals surface area contributed by atoms with Gasteiger partial charge >= 0.3 is 0 Å². The molecule has 2 rings (SSSR count). The predicted octanol–water partition coefficient (Wildman–Crippen LogP) is 3.23. The van der Waals surface area contributed by atoms with E-state index in [0.717, 1.165) is 6.42 Å². The molecule has 4 heteroatoms. The second-order valence-corrected chi connectivity index (χ2v) is 6.35. The summed E-state index contributed by atoms with van der Waals surface area (Å²) in [6.07, 6.45) is 4.89. The van der Waals surface area contributed by atoms with Gasteiger partial charge in [-0.1, -0.05) is 26.7 Å². The van der Waals surface area contributed by atoms with Crippen molar-refractivity contribution < 1.29 is 9.18 Å². The SMILES string of the molecule is CC(C)C1CCCCC1NCc1cc(C(N)=O)ccc1F. The van der Waals surface area contributed by atoms with Crippen LogP contribution in [0.15, 0.2) is 18.2 Å². The van der Waals surface area contributed by atoms with Crippen LogP contribution in [0.5, 0.6) is 0 Å². The second-order valence-electron chi connectivity index (χ2n) is 6.35. The molecule has 3 N–H and O–H groups in total. The molecule has 1 aromatic carbocycles. The van der Waals surface area contributed by atoms with E-state index in [-0.39, 0.29) is 5.82 Å². The normalized spacial score (nSPS) is 22.5. The average molecular weight is 292 g/mol. The van der Waals surface area contributed by atoms with Gasteiger partial charge in [-0.2, -0.15) is 0 Å². The Morgan fingerprint density at radius 1 is 1.38 bits per heavy atom. The Balaban J connectivity index is 2.04. The summed E-state index contributed by atoms with van der Waals surface area (Å²) in [7, 11) is 0. The van der Waals surface area contributed by atoms with Gasteiger partial charge in [0.2, 0.25) is 5.91 Å². The van der Waals surface area contributed by atoms with Gasteiger partial charge in [-0.15, -0.1) is 0 Å². The van der Waals surface area contributed by atoms with Crippen molar-refractivity contribution in [3.63, 3.8) is 0 Å². The Morgan fingerprint density at radius 2 is 2.10 bits per heavy atom. The van der Waals surface area contributed by atoms with Crippen molar-refractivity contribution in [3.8, 4) is 0 Å². The Hall–Kier alpha value is -1.42.